The number of anilines is 1. The molecule has 0 unspecified atom stereocenters. The van der Waals surface area contributed by atoms with Crippen LogP contribution in [-0.4, -0.2) is 25.7 Å². The first-order valence-electron chi connectivity index (χ1n) is 7.74. The number of amides is 1. The van der Waals surface area contributed by atoms with Gasteiger partial charge in [0.05, 0.1) is 10.6 Å². The molecule has 2 aromatic heterocycles. The normalized spacial score (nSPS) is 17.8. The molecule has 2 aromatic rings. The van der Waals surface area contributed by atoms with Crippen molar-refractivity contribution in [2.75, 3.05) is 5.32 Å². The SMILES string of the molecule is Cc1nc(NC(=O)C2CC=CC2)sc1-c1n[nH]c(=S)n1C1CC1. The van der Waals surface area contributed by atoms with Crippen LogP contribution in [0.15, 0.2) is 12.2 Å². The molecule has 0 saturated heterocycles. The molecule has 8 heteroatoms. The number of hydrogen-bond acceptors (Lipinski definition) is 5. The van der Waals surface area contributed by atoms with E-state index in [1.54, 1.807) is 0 Å². The van der Waals surface area contributed by atoms with Crippen LogP contribution in [0.25, 0.3) is 10.7 Å². The van der Waals surface area contributed by atoms with Crippen molar-refractivity contribution >= 4 is 34.6 Å². The first kappa shape index (κ1) is 14.8. The minimum Gasteiger partial charge on any atom is -0.302 e. The predicted octanol–water partition coefficient (Wildman–Crippen LogP) is 3.61. The van der Waals surface area contributed by atoms with Gasteiger partial charge < -0.3 is 5.32 Å². The van der Waals surface area contributed by atoms with Gasteiger partial charge in [-0.2, -0.15) is 5.10 Å². The van der Waals surface area contributed by atoms with Crippen molar-refractivity contribution in [1.29, 1.82) is 0 Å². The molecule has 0 radical (unpaired) electrons. The van der Waals surface area contributed by atoms with Crippen molar-refractivity contribution < 1.29 is 4.79 Å². The predicted molar refractivity (Wildman–Crippen MR) is 92.0 cm³/mol. The minimum atomic E-state index is 0.0312. The number of hydrogen-bond donors (Lipinski definition) is 2. The number of carbonyl (C=O) groups is 1. The Labute approximate surface area is 142 Å². The van der Waals surface area contributed by atoms with E-state index in [4.69, 9.17) is 12.2 Å². The van der Waals surface area contributed by atoms with Crippen molar-refractivity contribution in [2.45, 2.75) is 38.6 Å². The van der Waals surface area contributed by atoms with Gasteiger partial charge >= 0.3 is 0 Å². The Morgan fingerprint density at radius 3 is 2.87 bits per heavy atom. The number of nitrogens with zero attached hydrogens (tertiary/aromatic N) is 3. The van der Waals surface area contributed by atoms with Crippen molar-refractivity contribution in [2.24, 2.45) is 5.92 Å². The van der Waals surface area contributed by atoms with Gasteiger partial charge in [0.1, 0.15) is 0 Å². The maximum Gasteiger partial charge on any atom is 0.229 e. The Hall–Kier alpha value is -1.80. The van der Waals surface area contributed by atoms with Crippen molar-refractivity contribution in [3.8, 4) is 10.7 Å². The summed E-state index contributed by atoms with van der Waals surface area (Å²) in [6.45, 7) is 1.94. The molecular weight excluding hydrogens is 330 g/mol. The fourth-order valence-corrected chi connectivity index (χ4v) is 4.07. The molecule has 1 fully saturated rings. The monoisotopic (exact) mass is 347 g/mol. The molecule has 0 aliphatic heterocycles. The van der Waals surface area contributed by atoms with Gasteiger partial charge in [0, 0.05) is 12.0 Å². The number of aryl methyl sites for hydroxylation is 1. The fourth-order valence-electron chi connectivity index (χ4n) is 2.83. The lowest BCUT2D eigenvalue weighted by molar-refractivity contribution is -0.119. The van der Waals surface area contributed by atoms with Gasteiger partial charge in [-0.1, -0.05) is 23.5 Å². The van der Waals surface area contributed by atoms with Crippen molar-refractivity contribution in [3.05, 3.63) is 22.6 Å². The van der Waals surface area contributed by atoms with Gasteiger partial charge in [0.2, 0.25) is 5.91 Å². The molecule has 2 heterocycles. The molecule has 0 bridgehead atoms. The van der Waals surface area contributed by atoms with Crippen LogP contribution in [0.2, 0.25) is 0 Å². The van der Waals surface area contributed by atoms with Crippen molar-refractivity contribution in [3.63, 3.8) is 0 Å². The highest BCUT2D eigenvalue weighted by atomic mass is 32.1. The number of carbonyl (C=O) groups excluding carboxylic acids is 1. The average Bonchev–Trinajstić information content (AvgIpc) is 2.94. The topological polar surface area (TPSA) is 75.6 Å². The van der Waals surface area contributed by atoms with Crippen LogP contribution in [0.1, 0.15) is 37.4 Å². The second kappa shape index (κ2) is 5.68. The molecule has 4 rings (SSSR count). The van der Waals surface area contributed by atoms with Crippen LogP contribution in [0.4, 0.5) is 5.13 Å². The maximum absolute atomic E-state index is 12.2. The summed E-state index contributed by atoms with van der Waals surface area (Å²) < 4.78 is 2.72. The van der Waals surface area contributed by atoms with Crippen LogP contribution >= 0.6 is 23.6 Å². The molecule has 120 valence electrons. The molecule has 2 aliphatic rings. The summed E-state index contributed by atoms with van der Waals surface area (Å²) in [5.41, 5.74) is 0.866. The molecule has 23 heavy (non-hydrogen) atoms. The molecule has 2 aliphatic carbocycles. The van der Waals surface area contributed by atoms with E-state index in [-0.39, 0.29) is 11.8 Å². The molecule has 0 spiro atoms. The summed E-state index contributed by atoms with van der Waals surface area (Å²) in [5, 5.41) is 10.8. The standard InChI is InChI=1S/C15H17N5OS2/c1-8-11(12-18-19-15(22)20(12)10-6-7-10)23-14(16-8)17-13(21)9-4-2-3-5-9/h2-3,9-10H,4-7H2,1H3,(H,19,22)(H,16,17,21). The van der Waals surface area contributed by atoms with Crippen molar-refractivity contribution in [1.82, 2.24) is 19.7 Å². The van der Waals surface area contributed by atoms with E-state index in [0.717, 1.165) is 42.1 Å². The van der Waals surface area contributed by atoms with Crippen LogP contribution in [0.3, 0.4) is 0 Å². The first-order chi connectivity index (χ1) is 11.1. The molecule has 1 amide bonds. The van der Waals surface area contributed by atoms with Gasteiger partial charge in [-0.3, -0.25) is 14.5 Å². The van der Waals surface area contributed by atoms with E-state index in [1.807, 2.05) is 6.92 Å². The highest BCUT2D eigenvalue weighted by Crippen LogP contribution is 2.40. The number of rotatable bonds is 4. The highest BCUT2D eigenvalue weighted by molar-refractivity contribution is 7.71. The summed E-state index contributed by atoms with van der Waals surface area (Å²) in [5.74, 6) is 0.899. The third kappa shape index (κ3) is 2.76. The summed E-state index contributed by atoms with van der Waals surface area (Å²) in [7, 11) is 0. The van der Waals surface area contributed by atoms with Gasteiger partial charge in [0.25, 0.3) is 0 Å². The maximum atomic E-state index is 12.2. The van der Waals surface area contributed by atoms with Gasteiger partial charge in [0.15, 0.2) is 15.7 Å². The Kier molecular flexibility index (Phi) is 3.65. The molecule has 0 aromatic carbocycles. The number of aromatic nitrogens is 4. The lowest BCUT2D eigenvalue weighted by atomic mass is 10.1. The highest BCUT2D eigenvalue weighted by Gasteiger charge is 2.29. The molecule has 6 nitrogen and oxygen atoms in total. The lowest BCUT2D eigenvalue weighted by Crippen LogP contribution is -2.20. The zero-order valence-electron chi connectivity index (χ0n) is 12.7. The van der Waals surface area contributed by atoms with E-state index in [0.29, 0.717) is 15.9 Å². The minimum absolute atomic E-state index is 0.0312. The van der Waals surface area contributed by atoms with Crippen LogP contribution in [0.5, 0.6) is 0 Å². The van der Waals surface area contributed by atoms with E-state index in [1.165, 1.54) is 11.3 Å². The van der Waals surface area contributed by atoms with E-state index in [9.17, 15) is 4.79 Å². The van der Waals surface area contributed by atoms with E-state index < -0.39 is 0 Å². The number of aromatic amines is 1. The molecule has 1 saturated carbocycles. The zero-order valence-corrected chi connectivity index (χ0v) is 14.3. The van der Waals surface area contributed by atoms with E-state index >= 15 is 0 Å². The Bertz CT molecular complexity index is 834. The number of allylic oxidation sites excluding steroid dienone is 2. The lowest BCUT2D eigenvalue weighted by Gasteiger charge is -2.07. The fraction of sp³-hybridized carbons (Fsp3) is 0.467. The van der Waals surface area contributed by atoms with E-state index in [2.05, 4.69) is 37.2 Å². The number of nitrogens with one attached hydrogen (secondary N) is 2. The summed E-state index contributed by atoms with van der Waals surface area (Å²) >= 11 is 6.79. The molecular formula is C15H17N5OS2. The first-order valence-corrected chi connectivity index (χ1v) is 8.96. The smallest absolute Gasteiger partial charge is 0.229 e. The number of H-pyrrole nitrogens is 1. The molecule has 0 atom stereocenters. The summed E-state index contributed by atoms with van der Waals surface area (Å²) in [6, 6.07) is 0.445. The largest absolute Gasteiger partial charge is 0.302 e. The van der Waals surface area contributed by atoms with Gasteiger partial charge in [-0.05, 0) is 44.8 Å². The van der Waals surface area contributed by atoms with Crippen LogP contribution < -0.4 is 5.32 Å². The van der Waals surface area contributed by atoms with Gasteiger partial charge in [-0.25, -0.2) is 4.98 Å². The summed E-state index contributed by atoms with van der Waals surface area (Å²) in [4.78, 5) is 17.7. The third-order valence-electron chi connectivity index (χ3n) is 4.22. The average molecular weight is 347 g/mol. The van der Waals surface area contributed by atoms with Gasteiger partial charge in [-0.15, -0.1) is 0 Å². The Morgan fingerprint density at radius 1 is 1.43 bits per heavy atom. The second-order valence-electron chi connectivity index (χ2n) is 6.02. The van der Waals surface area contributed by atoms with Crippen LogP contribution in [0, 0.1) is 17.6 Å². The molecule has 2 N–H and O–H groups in total. The summed E-state index contributed by atoms with van der Waals surface area (Å²) in [6.07, 6.45) is 7.99. The second-order valence-corrected chi connectivity index (χ2v) is 7.40. The zero-order chi connectivity index (χ0) is 16.0. The Balaban J connectivity index is 1.60. The van der Waals surface area contributed by atoms with Crippen LogP contribution in [-0.2, 0) is 4.79 Å². The third-order valence-corrected chi connectivity index (χ3v) is 5.58. The Morgan fingerprint density at radius 2 is 2.17 bits per heavy atom. The quantitative estimate of drug-likeness (QED) is 0.654. The number of thiazole rings is 1.